The van der Waals surface area contributed by atoms with E-state index in [1.807, 2.05) is 18.6 Å². The zero-order chi connectivity index (χ0) is 13.3. The van der Waals surface area contributed by atoms with Crippen LogP contribution >= 0.6 is 11.3 Å². The van der Waals surface area contributed by atoms with Gasteiger partial charge in [0, 0.05) is 37.4 Å². The normalized spacial score (nSPS) is 11.8. The summed E-state index contributed by atoms with van der Waals surface area (Å²) in [6, 6.07) is 1.57. The van der Waals surface area contributed by atoms with Crippen molar-refractivity contribution < 1.29 is 9.59 Å². The number of rotatable bonds is 2. The third-order valence-electron chi connectivity index (χ3n) is 2.59. The molecule has 2 aromatic heterocycles. The topological polar surface area (TPSA) is 56.4 Å². The molecule has 0 aromatic carbocycles. The number of Topliss-reactive ketones (excluding diaryl/α,β-unsaturated/α-hetero) is 1. The second kappa shape index (κ2) is 4.73. The summed E-state index contributed by atoms with van der Waals surface area (Å²) in [7, 11) is 3.55. The van der Waals surface area contributed by atoms with Crippen molar-refractivity contribution in [2.45, 2.75) is 6.92 Å². The molecule has 0 saturated heterocycles. The smallest absolute Gasteiger partial charge is 0.296 e. The molecule has 0 aliphatic heterocycles. The standard InChI is InChI=1S/C12H13N3O2S/c1-8(16)9-6-10(15(3)7-9)11(17)13-12-14(2)4-5-18-12/h4-7H,1-3H3. The van der Waals surface area contributed by atoms with Crippen LogP contribution in [0.5, 0.6) is 0 Å². The molecule has 2 aromatic rings. The molecule has 1 amide bonds. The van der Waals surface area contributed by atoms with Gasteiger partial charge in [-0.1, -0.05) is 0 Å². The minimum absolute atomic E-state index is 0.0636. The number of carbonyl (C=O) groups excluding carboxylic acids is 2. The van der Waals surface area contributed by atoms with Gasteiger partial charge in [-0.3, -0.25) is 9.59 Å². The van der Waals surface area contributed by atoms with Gasteiger partial charge in [0.1, 0.15) is 5.69 Å². The Morgan fingerprint density at radius 1 is 1.28 bits per heavy atom. The molecule has 0 N–H and O–H groups in total. The maximum Gasteiger partial charge on any atom is 0.296 e. The number of carbonyl (C=O) groups is 2. The Kier molecular flexibility index (Phi) is 3.29. The lowest BCUT2D eigenvalue weighted by molar-refractivity contribution is 0.0989. The molecular weight excluding hydrogens is 250 g/mol. The average Bonchev–Trinajstić information content (AvgIpc) is 2.86. The van der Waals surface area contributed by atoms with E-state index in [0.717, 1.165) is 0 Å². The largest absolute Gasteiger partial charge is 0.346 e. The highest BCUT2D eigenvalue weighted by atomic mass is 32.1. The highest BCUT2D eigenvalue weighted by molar-refractivity contribution is 7.07. The Hall–Kier alpha value is -1.95. The molecule has 94 valence electrons. The van der Waals surface area contributed by atoms with Crippen LogP contribution in [0.4, 0.5) is 0 Å². The van der Waals surface area contributed by atoms with E-state index in [1.54, 1.807) is 28.4 Å². The Balaban J connectivity index is 2.42. The molecular formula is C12H13N3O2S. The lowest BCUT2D eigenvalue weighted by atomic mass is 10.2. The average molecular weight is 263 g/mol. The molecule has 0 aliphatic rings. The van der Waals surface area contributed by atoms with E-state index in [-0.39, 0.29) is 11.7 Å². The first kappa shape index (κ1) is 12.5. The van der Waals surface area contributed by atoms with Crippen molar-refractivity contribution in [2.75, 3.05) is 0 Å². The zero-order valence-electron chi connectivity index (χ0n) is 10.4. The minimum Gasteiger partial charge on any atom is -0.346 e. The van der Waals surface area contributed by atoms with Gasteiger partial charge in [-0.15, -0.1) is 11.3 Å². The van der Waals surface area contributed by atoms with Crippen LogP contribution in [0.2, 0.25) is 0 Å². The zero-order valence-corrected chi connectivity index (χ0v) is 11.2. The first-order valence-electron chi connectivity index (χ1n) is 5.35. The Morgan fingerprint density at radius 3 is 2.50 bits per heavy atom. The van der Waals surface area contributed by atoms with E-state index in [4.69, 9.17) is 0 Å². The van der Waals surface area contributed by atoms with Crippen molar-refractivity contribution in [3.05, 3.63) is 39.9 Å². The van der Waals surface area contributed by atoms with Crippen molar-refractivity contribution in [1.29, 1.82) is 0 Å². The highest BCUT2D eigenvalue weighted by Crippen LogP contribution is 2.09. The summed E-state index contributed by atoms with van der Waals surface area (Å²) in [5.41, 5.74) is 0.931. The van der Waals surface area contributed by atoms with Crippen LogP contribution < -0.4 is 4.80 Å². The fourth-order valence-corrected chi connectivity index (χ4v) is 2.28. The van der Waals surface area contributed by atoms with Gasteiger partial charge in [-0.2, -0.15) is 4.99 Å². The molecule has 0 unspecified atom stereocenters. The van der Waals surface area contributed by atoms with Crippen molar-refractivity contribution in [2.24, 2.45) is 19.1 Å². The predicted molar refractivity (Wildman–Crippen MR) is 68.6 cm³/mol. The van der Waals surface area contributed by atoms with Gasteiger partial charge in [0.25, 0.3) is 5.91 Å². The van der Waals surface area contributed by atoms with Crippen LogP contribution in [0.1, 0.15) is 27.8 Å². The lowest BCUT2D eigenvalue weighted by Crippen LogP contribution is -2.14. The number of aryl methyl sites for hydroxylation is 2. The number of ketones is 1. The molecule has 0 spiro atoms. The lowest BCUT2D eigenvalue weighted by Gasteiger charge is -1.96. The number of hydrogen-bond donors (Lipinski definition) is 0. The van der Waals surface area contributed by atoms with Crippen LogP contribution in [0, 0.1) is 0 Å². The van der Waals surface area contributed by atoms with Crippen LogP contribution in [0.25, 0.3) is 0 Å². The molecule has 0 fully saturated rings. The van der Waals surface area contributed by atoms with Crippen molar-refractivity contribution in [1.82, 2.24) is 9.13 Å². The van der Waals surface area contributed by atoms with Gasteiger partial charge in [0.15, 0.2) is 10.6 Å². The van der Waals surface area contributed by atoms with E-state index in [9.17, 15) is 9.59 Å². The number of thiazole rings is 1. The third-order valence-corrected chi connectivity index (χ3v) is 3.44. The van der Waals surface area contributed by atoms with Crippen LogP contribution in [-0.4, -0.2) is 20.8 Å². The van der Waals surface area contributed by atoms with Crippen molar-refractivity contribution in [3.63, 3.8) is 0 Å². The van der Waals surface area contributed by atoms with Gasteiger partial charge in [0.2, 0.25) is 0 Å². The molecule has 2 rings (SSSR count). The van der Waals surface area contributed by atoms with E-state index in [1.165, 1.54) is 18.3 Å². The molecule has 0 aliphatic carbocycles. The van der Waals surface area contributed by atoms with Gasteiger partial charge in [0.05, 0.1) is 0 Å². The van der Waals surface area contributed by atoms with Crippen LogP contribution in [0.3, 0.4) is 0 Å². The number of amides is 1. The van der Waals surface area contributed by atoms with Crippen molar-refractivity contribution >= 4 is 23.0 Å². The minimum atomic E-state index is -0.344. The molecule has 0 saturated carbocycles. The maximum atomic E-state index is 12.0. The second-order valence-electron chi connectivity index (χ2n) is 3.99. The monoisotopic (exact) mass is 263 g/mol. The number of hydrogen-bond acceptors (Lipinski definition) is 3. The van der Waals surface area contributed by atoms with E-state index in [0.29, 0.717) is 16.1 Å². The van der Waals surface area contributed by atoms with E-state index < -0.39 is 0 Å². The molecule has 18 heavy (non-hydrogen) atoms. The summed E-state index contributed by atoms with van der Waals surface area (Å²) in [6.07, 6.45) is 3.47. The third kappa shape index (κ3) is 2.33. The van der Waals surface area contributed by atoms with Gasteiger partial charge >= 0.3 is 0 Å². The van der Waals surface area contributed by atoms with Crippen LogP contribution in [-0.2, 0) is 14.1 Å². The predicted octanol–water partition coefficient (Wildman–Crippen LogP) is 1.37. The Labute approximate surface area is 108 Å². The van der Waals surface area contributed by atoms with Gasteiger partial charge in [-0.25, -0.2) is 0 Å². The first-order valence-corrected chi connectivity index (χ1v) is 6.23. The number of nitrogens with zero attached hydrogens (tertiary/aromatic N) is 3. The quantitative estimate of drug-likeness (QED) is 0.768. The number of aromatic nitrogens is 2. The molecule has 0 bridgehead atoms. The van der Waals surface area contributed by atoms with Crippen molar-refractivity contribution in [3.8, 4) is 0 Å². The molecule has 2 heterocycles. The summed E-state index contributed by atoms with van der Waals surface area (Å²) < 4.78 is 3.40. The second-order valence-corrected chi connectivity index (χ2v) is 4.87. The molecule has 0 atom stereocenters. The fourth-order valence-electron chi connectivity index (χ4n) is 1.55. The van der Waals surface area contributed by atoms with E-state index in [2.05, 4.69) is 4.99 Å². The Bertz CT molecular complexity index is 676. The Morgan fingerprint density at radius 2 is 2.00 bits per heavy atom. The SMILES string of the molecule is CC(=O)c1cc(C(=O)N=c2sccn2C)n(C)c1. The molecule has 6 heteroatoms. The fraction of sp³-hybridized carbons (Fsp3) is 0.250. The van der Waals surface area contributed by atoms with Gasteiger partial charge in [-0.05, 0) is 13.0 Å². The molecule has 5 nitrogen and oxygen atoms in total. The summed E-state index contributed by atoms with van der Waals surface area (Å²) >= 11 is 1.39. The summed E-state index contributed by atoms with van der Waals surface area (Å²) in [5, 5.41) is 1.86. The van der Waals surface area contributed by atoms with E-state index >= 15 is 0 Å². The highest BCUT2D eigenvalue weighted by Gasteiger charge is 2.13. The van der Waals surface area contributed by atoms with Gasteiger partial charge < -0.3 is 9.13 Å². The molecule has 0 radical (unpaired) electrons. The summed E-state index contributed by atoms with van der Waals surface area (Å²) in [5.74, 6) is -0.408. The summed E-state index contributed by atoms with van der Waals surface area (Å²) in [6.45, 7) is 1.47. The van der Waals surface area contributed by atoms with Crippen LogP contribution in [0.15, 0.2) is 28.8 Å². The maximum absolute atomic E-state index is 12.0. The summed E-state index contributed by atoms with van der Waals surface area (Å²) in [4.78, 5) is 27.9. The first-order chi connectivity index (χ1) is 8.49.